The highest BCUT2D eigenvalue weighted by Crippen LogP contribution is 2.08. The molecule has 1 N–H and O–H groups in total. The second-order valence-corrected chi connectivity index (χ2v) is 5.16. The zero-order valence-electron chi connectivity index (χ0n) is 8.25. The van der Waals surface area contributed by atoms with E-state index >= 15 is 0 Å². The molecule has 0 aromatic carbocycles. The summed E-state index contributed by atoms with van der Waals surface area (Å²) in [7, 11) is 0. The normalized spacial score (nSPS) is 13.1. The third-order valence-corrected chi connectivity index (χ3v) is 3.48. The highest BCUT2D eigenvalue weighted by molar-refractivity contribution is 7.98. The first-order chi connectivity index (χ1) is 6.33. The van der Waals surface area contributed by atoms with Crippen molar-refractivity contribution in [3.05, 3.63) is 22.4 Å². The number of thioether (sulfide) groups is 1. The summed E-state index contributed by atoms with van der Waals surface area (Å²) >= 11 is 3.74. The monoisotopic (exact) mass is 215 g/mol. The standard InChI is InChI=1S/C10H17NS2/c1-9(5-7-12-2)11-8-10-4-3-6-13-10/h3-4,6,9,11H,5,7-8H2,1-2H3. The van der Waals surface area contributed by atoms with Crippen molar-refractivity contribution in [3.63, 3.8) is 0 Å². The Balaban J connectivity index is 2.11. The lowest BCUT2D eigenvalue weighted by molar-refractivity contribution is 0.541. The van der Waals surface area contributed by atoms with Crippen LogP contribution in [0.25, 0.3) is 0 Å². The molecule has 3 heteroatoms. The lowest BCUT2D eigenvalue weighted by atomic mass is 10.2. The zero-order chi connectivity index (χ0) is 9.52. The quantitative estimate of drug-likeness (QED) is 0.783. The number of rotatable bonds is 6. The lowest BCUT2D eigenvalue weighted by Gasteiger charge is -2.11. The first kappa shape index (κ1) is 11.1. The maximum absolute atomic E-state index is 3.52. The van der Waals surface area contributed by atoms with Crippen LogP contribution in [-0.4, -0.2) is 18.1 Å². The van der Waals surface area contributed by atoms with Crippen LogP contribution in [0.3, 0.4) is 0 Å². The highest BCUT2D eigenvalue weighted by Gasteiger charge is 2.00. The van der Waals surface area contributed by atoms with E-state index in [1.807, 2.05) is 23.1 Å². The van der Waals surface area contributed by atoms with E-state index in [4.69, 9.17) is 0 Å². The summed E-state index contributed by atoms with van der Waals surface area (Å²) in [4.78, 5) is 1.43. The minimum absolute atomic E-state index is 0.634. The van der Waals surface area contributed by atoms with Gasteiger partial charge in [0, 0.05) is 17.5 Å². The van der Waals surface area contributed by atoms with Crippen molar-refractivity contribution in [1.82, 2.24) is 5.32 Å². The molecule has 1 heterocycles. The van der Waals surface area contributed by atoms with E-state index in [0.717, 1.165) is 6.54 Å². The van der Waals surface area contributed by atoms with Crippen molar-refractivity contribution in [3.8, 4) is 0 Å². The molecule has 0 radical (unpaired) electrons. The fourth-order valence-corrected chi connectivity index (χ4v) is 2.33. The van der Waals surface area contributed by atoms with Gasteiger partial charge in [0.05, 0.1) is 0 Å². The summed E-state index contributed by atoms with van der Waals surface area (Å²) in [5.74, 6) is 1.25. The van der Waals surface area contributed by atoms with Gasteiger partial charge in [-0.15, -0.1) is 11.3 Å². The largest absolute Gasteiger partial charge is 0.309 e. The molecular weight excluding hydrogens is 198 g/mol. The van der Waals surface area contributed by atoms with E-state index in [2.05, 4.69) is 36.0 Å². The molecule has 1 aromatic heterocycles. The van der Waals surface area contributed by atoms with Gasteiger partial charge in [0.25, 0.3) is 0 Å². The second-order valence-electron chi connectivity index (χ2n) is 3.14. The van der Waals surface area contributed by atoms with Gasteiger partial charge in [-0.05, 0) is 36.8 Å². The molecular formula is C10H17NS2. The molecule has 13 heavy (non-hydrogen) atoms. The lowest BCUT2D eigenvalue weighted by Crippen LogP contribution is -2.25. The van der Waals surface area contributed by atoms with E-state index in [1.165, 1.54) is 17.1 Å². The third kappa shape index (κ3) is 4.69. The van der Waals surface area contributed by atoms with Gasteiger partial charge in [0.2, 0.25) is 0 Å². The van der Waals surface area contributed by atoms with E-state index < -0.39 is 0 Å². The Morgan fingerprint density at radius 1 is 1.62 bits per heavy atom. The average molecular weight is 215 g/mol. The number of hydrogen-bond acceptors (Lipinski definition) is 3. The Morgan fingerprint density at radius 3 is 3.08 bits per heavy atom. The highest BCUT2D eigenvalue weighted by atomic mass is 32.2. The van der Waals surface area contributed by atoms with Crippen molar-refractivity contribution in [2.45, 2.75) is 25.9 Å². The van der Waals surface area contributed by atoms with Crippen molar-refractivity contribution in [1.29, 1.82) is 0 Å². The van der Waals surface area contributed by atoms with Gasteiger partial charge in [-0.1, -0.05) is 6.07 Å². The van der Waals surface area contributed by atoms with Gasteiger partial charge in [0.15, 0.2) is 0 Å². The van der Waals surface area contributed by atoms with Crippen LogP contribution in [0.15, 0.2) is 17.5 Å². The Labute approximate surface area is 88.9 Å². The SMILES string of the molecule is CSCCC(C)NCc1cccs1. The molecule has 0 aliphatic rings. The molecule has 1 atom stereocenters. The van der Waals surface area contributed by atoms with Crippen LogP contribution in [0.5, 0.6) is 0 Å². The molecule has 74 valence electrons. The first-order valence-corrected chi connectivity index (χ1v) is 6.85. The molecule has 0 amide bonds. The molecule has 0 saturated heterocycles. The van der Waals surface area contributed by atoms with Crippen LogP contribution in [0.4, 0.5) is 0 Å². The van der Waals surface area contributed by atoms with Crippen LogP contribution in [0, 0.1) is 0 Å². The van der Waals surface area contributed by atoms with E-state index in [1.54, 1.807) is 0 Å². The second kappa shape index (κ2) is 6.46. The Bertz CT molecular complexity index is 209. The van der Waals surface area contributed by atoms with Gasteiger partial charge in [0.1, 0.15) is 0 Å². The van der Waals surface area contributed by atoms with Crippen LogP contribution in [-0.2, 0) is 6.54 Å². The Morgan fingerprint density at radius 2 is 2.46 bits per heavy atom. The van der Waals surface area contributed by atoms with Gasteiger partial charge < -0.3 is 5.32 Å². The van der Waals surface area contributed by atoms with Crippen molar-refractivity contribution < 1.29 is 0 Å². The number of thiophene rings is 1. The molecule has 1 aromatic rings. The topological polar surface area (TPSA) is 12.0 Å². The molecule has 1 rings (SSSR count). The summed E-state index contributed by atoms with van der Waals surface area (Å²) in [6, 6.07) is 4.92. The van der Waals surface area contributed by atoms with Crippen molar-refractivity contribution >= 4 is 23.1 Å². The molecule has 1 nitrogen and oxygen atoms in total. The number of hydrogen-bond donors (Lipinski definition) is 1. The van der Waals surface area contributed by atoms with Crippen LogP contribution >= 0.6 is 23.1 Å². The van der Waals surface area contributed by atoms with Crippen molar-refractivity contribution in [2.75, 3.05) is 12.0 Å². The fraction of sp³-hybridized carbons (Fsp3) is 0.600. The van der Waals surface area contributed by atoms with Crippen LogP contribution in [0.1, 0.15) is 18.2 Å². The maximum Gasteiger partial charge on any atom is 0.0302 e. The number of nitrogens with one attached hydrogen (secondary N) is 1. The minimum atomic E-state index is 0.634. The zero-order valence-corrected chi connectivity index (χ0v) is 9.88. The average Bonchev–Trinajstić information content (AvgIpc) is 2.64. The van der Waals surface area contributed by atoms with E-state index in [0.29, 0.717) is 6.04 Å². The van der Waals surface area contributed by atoms with Gasteiger partial charge in [-0.3, -0.25) is 0 Å². The predicted molar refractivity (Wildman–Crippen MR) is 63.6 cm³/mol. The maximum atomic E-state index is 3.52. The van der Waals surface area contributed by atoms with Gasteiger partial charge >= 0.3 is 0 Å². The summed E-state index contributed by atoms with van der Waals surface area (Å²) in [6.45, 7) is 3.27. The predicted octanol–water partition coefficient (Wildman–Crippen LogP) is 2.98. The Kier molecular flexibility index (Phi) is 5.51. The summed E-state index contributed by atoms with van der Waals surface area (Å²) in [5.41, 5.74) is 0. The Hall–Kier alpha value is 0.01000. The van der Waals surface area contributed by atoms with E-state index in [-0.39, 0.29) is 0 Å². The van der Waals surface area contributed by atoms with Crippen molar-refractivity contribution in [2.24, 2.45) is 0 Å². The molecule has 0 saturated carbocycles. The van der Waals surface area contributed by atoms with Crippen LogP contribution in [0.2, 0.25) is 0 Å². The molecule has 1 unspecified atom stereocenters. The first-order valence-electron chi connectivity index (χ1n) is 4.57. The summed E-state index contributed by atoms with van der Waals surface area (Å²) in [6.07, 6.45) is 3.42. The van der Waals surface area contributed by atoms with E-state index in [9.17, 15) is 0 Å². The molecule has 0 fully saturated rings. The molecule has 0 aliphatic heterocycles. The van der Waals surface area contributed by atoms with Gasteiger partial charge in [-0.2, -0.15) is 11.8 Å². The van der Waals surface area contributed by atoms with Crippen LogP contribution < -0.4 is 5.32 Å². The summed E-state index contributed by atoms with van der Waals surface area (Å²) in [5, 5.41) is 5.65. The molecule has 0 spiro atoms. The third-order valence-electron chi connectivity index (χ3n) is 1.96. The summed E-state index contributed by atoms with van der Waals surface area (Å²) < 4.78 is 0. The fourth-order valence-electron chi connectivity index (χ4n) is 1.08. The minimum Gasteiger partial charge on any atom is -0.309 e. The van der Waals surface area contributed by atoms with Gasteiger partial charge in [-0.25, -0.2) is 0 Å². The molecule has 0 bridgehead atoms. The molecule has 0 aliphatic carbocycles. The smallest absolute Gasteiger partial charge is 0.0302 e.